The zero-order valence-corrected chi connectivity index (χ0v) is 26.7. The minimum atomic E-state index is -2.12. The van der Waals surface area contributed by atoms with E-state index in [0.717, 1.165) is 0 Å². The van der Waals surface area contributed by atoms with Crippen LogP contribution >= 0.6 is 0 Å². The summed E-state index contributed by atoms with van der Waals surface area (Å²) in [5.41, 5.74) is 9.07. The first kappa shape index (κ1) is 24.8. The molecule has 0 saturated heterocycles. The van der Waals surface area contributed by atoms with Crippen molar-refractivity contribution in [3.8, 4) is 0 Å². The molecule has 2 aromatic rings. The maximum atomic E-state index is 2.67. The lowest BCUT2D eigenvalue weighted by molar-refractivity contribution is 1.05. The molecule has 0 bridgehead atoms. The summed E-state index contributed by atoms with van der Waals surface area (Å²) in [6, 6.07) is 10.0. The normalized spacial score (nSPS) is 21.4. The summed E-state index contributed by atoms with van der Waals surface area (Å²) in [6.45, 7) is 20.6. The van der Waals surface area contributed by atoms with Crippen molar-refractivity contribution >= 4 is 57.1 Å². The predicted molar refractivity (Wildman–Crippen MR) is 174 cm³/mol. The van der Waals surface area contributed by atoms with Crippen molar-refractivity contribution < 1.29 is 0 Å². The van der Waals surface area contributed by atoms with Crippen LogP contribution in [-0.4, -0.2) is 24.2 Å². The lowest BCUT2D eigenvalue weighted by Crippen LogP contribution is -2.69. The highest BCUT2D eigenvalue weighted by Gasteiger charge is 2.43. The van der Waals surface area contributed by atoms with Crippen LogP contribution in [0.4, 0.5) is 0 Å². The van der Waals surface area contributed by atoms with Crippen LogP contribution in [0.1, 0.15) is 34.1 Å². The van der Waals surface area contributed by atoms with E-state index >= 15 is 0 Å². The van der Waals surface area contributed by atoms with Gasteiger partial charge >= 0.3 is 0 Å². The summed E-state index contributed by atoms with van der Waals surface area (Å²) < 4.78 is 0. The lowest BCUT2D eigenvalue weighted by Gasteiger charge is -2.38. The number of fused-ring (bicyclic) bond motifs is 6. The van der Waals surface area contributed by atoms with E-state index in [1.165, 1.54) is 22.3 Å². The van der Waals surface area contributed by atoms with E-state index in [0.29, 0.717) is 11.8 Å². The number of benzene rings is 2. The van der Waals surface area contributed by atoms with Crippen molar-refractivity contribution in [3.05, 3.63) is 106 Å². The topological polar surface area (TPSA) is 0 Å². The van der Waals surface area contributed by atoms with Gasteiger partial charge in [0.1, 0.15) is 8.07 Å². The van der Waals surface area contributed by atoms with Gasteiger partial charge in [-0.1, -0.05) is 148 Å². The Hall–Kier alpha value is -2.47. The Morgan fingerprint density at radius 1 is 0.514 bits per heavy atom. The average molecular weight is 533 g/mol. The Morgan fingerprint density at radius 3 is 1.30 bits per heavy atom. The third-order valence-electron chi connectivity index (χ3n) is 8.84. The molecule has 3 heteroatoms. The van der Waals surface area contributed by atoms with Gasteiger partial charge in [0.2, 0.25) is 0 Å². The van der Waals surface area contributed by atoms with Crippen LogP contribution in [-0.2, 0) is 0 Å². The van der Waals surface area contributed by atoms with Crippen LogP contribution in [0, 0.1) is 0 Å². The van der Waals surface area contributed by atoms with Gasteiger partial charge in [-0.25, -0.2) is 0 Å². The number of rotatable bonds is 4. The highest BCUT2D eigenvalue weighted by atomic mass is 28.3. The molecule has 4 aliphatic rings. The van der Waals surface area contributed by atoms with Crippen LogP contribution in [0.25, 0.3) is 12.2 Å². The Kier molecular flexibility index (Phi) is 5.55. The number of hydrogen-bond donors (Lipinski definition) is 0. The second kappa shape index (κ2) is 8.26. The van der Waals surface area contributed by atoms with E-state index in [1.807, 2.05) is 0 Å². The van der Waals surface area contributed by atoms with E-state index in [-0.39, 0.29) is 0 Å². The first-order valence-electron chi connectivity index (χ1n) is 13.9. The van der Waals surface area contributed by atoms with Gasteiger partial charge in [-0.15, -0.1) is 0 Å². The third-order valence-corrected chi connectivity index (χ3v) is 17.0. The van der Waals surface area contributed by atoms with E-state index in [2.05, 4.69) is 137 Å². The number of allylic oxidation sites excluding steroid dienone is 10. The minimum absolute atomic E-state index is 0.414. The lowest BCUT2D eigenvalue weighted by atomic mass is 9.92. The van der Waals surface area contributed by atoms with Gasteiger partial charge in [-0.2, -0.15) is 0 Å². The van der Waals surface area contributed by atoms with Crippen LogP contribution in [0.5, 0.6) is 0 Å². The zero-order chi connectivity index (χ0) is 26.3. The van der Waals surface area contributed by atoms with Crippen molar-refractivity contribution in [1.29, 1.82) is 0 Å². The molecule has 37 heavy (non-hydrogen) atoms. The van der Waals surface area contributed by atoms with Crippen molar-refractivity contribution in [2.24, 2.45) is 0 Å². The highest BCUT2D eigenvalue weighted by molar-refractivity contribution is 7.09. The van der Waals surface area contributed by atoms with Crippen LogP contribution in [0.15, 0.2) is 84.0 Å². The van der Waals surface area contributed by atoms with E-state index in [1.54, 1.807) is 31.9 Å². The summed E-state index contributed by atoms with van der Waals surface area (Å²) in [4.78, 5) is 0. The van der Waals surface area contributed by atoms with Crippen LogP contribution in [0.3, 0.4) is 0 Å². The maximum absolute atomic E-state index is 2.67. The van der Waals surface area contributed by atoms with Crippen LogP contribution < -0.4 is 20.7 Å². The predicted octanol–water partition coefficient (Wildman–Crippen LogP) is 6.81. The Morgan fingerprint density at radius 2 is 0.919 bits per heavy atom. The standard InChI is InChI=1S/C34H40Si3/c1-35(2,3)31-19-17-27-25-15-11-9-13-23(25)21-29(27)33(31)37(7,8)34-30-22-24-14-10-12-16-26(24)28(30)18-20-32(34)36(4,5)6/h9-22,25-26H,1-8H3. The molecule has 0 fully saturated rings. The molecule has 0 radical (unpaired) electrons. The largest absolute Gasteiger partial charge is 0.113 e. The molecule has 0 heterocycles. The molecule has 0 spiro atoms. The van der Waals surface area contributed by atoms with Crippen molar-refractivity contribution in [2.75, 3.05) is 0 Å². The minimum Gasteiger partial charge on any atom is -0.0726 e. The van der Waals surface area contributed by atoms with Crippen molar-refractivity contribution in [1.82, 2.24) is 0 Å². The zero-order valence-electron chi connectivity index (χ0n) is 23.7. The molecule has 2 unspecified atom stereocenters. The molecule has 0 saturated carbocycles. The molecule has 2 atom stereocenters. The van der Waals surface area contributed by atoms with Gasteiger partial charge in [-0.05, 0) is 43.8 Å². The van der Waals surface area contributed by atoms with E-state index in [4.69, 9.17) is 0 Å². The molecule has 0 aromatic heterocycles. The molecular formula is C34H40Si3. The number of hydrogen-bond acceptors (Lipinski definition) is 0. The second-order valence-electron chi connectivity index (χ2n) is 13.8. The molecule has 0 aliphatic heterocycles. The molecule has 0 N–H and O–H groups in total. The molecule has 6 rings (SSSR count). The third kappa shape index (κ3) is 3.81. The monoisotopic (exact) mass is 532 g/mol. The fourth-order valence-electron chi connectivity index (χ4n) is 7.14. The fraction of sp³-hybridized carbons (Fsp3) is 0.294. The SMILES string of the molecule is C[Si](C)(C)c1ccc2c(c1[Si](C)(C)c1c([Si](C)(C)C)ccc3c1C=C1C=CC=CC13)C=C1C=CC=CC12. The van der Waals surface area contributed by atoms with Crippen molar-refractivity contribution in [2.45, 2.75) is 64.2 Å². The Labute approximate surface area is 226 Å². The summed E-state index contributed by atoms with van der Waals surface area (Å²) in [5.74, 6) is 0.829. The van der Waals surface area contributed by atoms with Gasteiger partial charge in [0.05, 0.1) is 16.1 Å². The van der Waals surface area contributed by atoms with Gasteiger partial charge in [0.15, 0.2) is 0 Å². The van der Waals surface area contributed by atoms with Gasteiger partial charge < -0.3 is 0 Å². The van der Waals surface area contributed by atoms with Gasteiger partial charge in [0.25, 0.3) is 0 Å². The van der Waals surface area contributed by atoms with E-state index in [9.17, 15) is 0 Å². The first-order chi connectivity index (χ1) is 17.4. The summed E-state index contributed by atoms with van der Waals surface area (Å²) in [5, 5.41) is 6.79. The summed E-state index contributed by atoms with van der Waals surface area (Å²) in [7, 11) is -5.30. The van der Waals surface area contributed by atoms with Crippen molar-refractivity contribution in [3.63, 3.8) is 0 Å². The quantitative estimate of drug-likeness (QED) is 0.379. The fourth-order valence-corrected chi connectivity index (χ4v) is 17.7. The molecule has 2 aromatic carbocycles. The van der Waals surface area contributed by atoms with Gasteiger partial charge in [0, 0.05) is 11.8 Å². The second-order valence-corrected chi connectivity index (χ2v) is 28.2. The Bertz CT molecular complexity index is 1390. The first-order valence-corrected chi connectivity index (χ1v) is 23.9. The molecular weight excluding hydrogens is 493 g/mol. The highest BCUT2D eigenvalue weighted by Crippen LogP contribution is 2.41. The van der Waals surface area contributed by atoms with Gasteiger partial charge in [-0.3, -0.25) is 0 Å². The Balaban J connectivity index is 1.69. The summed E-state index contributed by atoms with van der Waals surface area (Å²) in [6.07, 6.45) is 23.4. The van der Waals surface area contributed by atoms with Crippen LogP contribution in [0.2, 0.25) is 52.4 Å². The molecule has 4 aliphatic carbocycles. The average Bonchev–Trinajstić information content (AvgIpc) is 3.39. The van der Waals surface area contributed by atoms with E-state index < -0.39 is 24.2 Å². The molecule has 0 amide bonds. The summed E-state index contributed by atoms with van der Waals surface area (Å²) >= 11 is 0. The molecule has 188 valence electrons. The maximum Gasteiger partial charge on any atom is 0.113 e. The smallest absolute Gasteiger partial charge is 0.0726 e. The molecule has 0 nitrogen and oxygen atoms in total.